The molecule has 0 atom stereocenters. The lowest BCUT2D eigenvalue weighted by atomic mass is 10.4. The second-order valence-corrected chi connectivity index (χ2v) is 4.86. The maximum Gasteiger partial charge on any atom is 0.227 e. The van der Waals surface area contributed by atoms with Crippen LogP contribution in [-0.2, 0) is 30.7 Å². The van der Waals surface area contributed by atoms with Crippen LogP contribution in [0.3, 0.4) is 0 Å². The fraction of sp³-hybridized carbons (Fsp3) is 0.400. The van der Waals surface area contributed by atoms with Crippen LogP contribution in [0, 0.1) is 0 Å². The van der Waals surface area contributed by atoms with Crippen molar-refractivity contribution >= 4 is 28.8 Å². The Kier molecular flexibility index (Phi) is 4.27. The van der Waals surface area contributed by atoms with Crippen LogP contribution in [0.15, 0.2) is 11.7 Å². The van der Waals surface area contributed by atoms with Gasteiger partial charge in [0.2, 0.25) is 5.91 Å². The summed E-state index contributed by atoms with van der Waals surface area (Å²) in [4.78, 5) is 19.9. The molecule has 0 saturated carbocycles. The summed E-state index contributed by atoms with van der Waals surface area (Å²) in [5, 5.41) is 9.43. The molecular weight excluding hydrogens is 274 g/mol. The number of carbonyl (C=O) groups excluding carboxylic acids is 1. The molecule has 2 heterocycles. The van der Waals surface area contributed by atoms with Crippen LogP contribution in [0.2, 0.25) is 0 Å². The number of alkyl halides is 1. The third-order valence-corrected chi connectivity index (χ3v) is 3.31. The van der Waals surface area contributed by atoms with E-state index in [1.807, 2.05) is 5.38 Å². The van der Waals surface area contributed by atoms with Crippen LogP contribution >= 0.6 is 22.9 Å². The van der Waals surface area contributed by atoms with Crippen molar-refractivity contribution in [3.05, 3.63) is 28.2 Å². The zero-order valence-corrected chi connectivity index (χ0v) is 11.3. The normalized spacial score (nSPS) is 10.6. The van der Waals surface area contributed by atoms with Crippen molar-refractivity contribution in [1.29, 1.82) is 0 Å². The third kappa shape index (κ3) is 3.51. The predicted octanol–water partition coefficient (Wildman–Crippen LogP) is 0.869. The first kappa shape index (κ1) is 13.0. The van der Waals surface area contributed by atoms with Crippen molar-refractivity contribution < 1.29 is 4.79 Å². The average Bonchev–Trinajstić information content (AvgIpc) is 2.95. The number of hydrogen-bond acceptors (Lipinski definition) is 5. The van der Waals surface area contributed by atoms with Crippen LogP contribution in [-0.4, -0.2) is 25.7 Å². The van der Waals surface area contributed by atoms with Gasteiger partial charge in [0.1, 0.15) is 11.3 Å². The number of aryl methyl sites for hydroxylation is 1. The molecule has 0 bridgehead atoms. The number of carbonyl (C=O) groups is 1. The van der Waals surface area contributed by atoms with Gasteiger partial charge >= 0.3 is 0 Å². The number of aromatic nitrogens is 4. The van der Waals surface area contributed by atoms with Crippen LogP contribution < -0.4 is 5.32 Å². The van der Waals surface area contributed by atoms with E-state index in [0.29, 0.717) is 18.2 Å². The smallest absolute Gasteiger partial charge is 0.227 e. The lowest BCUT2D eigenvalue weighted by Crippen LogP contribution is -2.25. The standard InChI is InChI=1S/C10H12ClN5OS/c1-16-6-13-8(15-16)4-12-9(17)2-10-14-7(3-11)5-18-10/h5-6H,2-4H2,1H3,(H,12,17). The van der Waals surface area contributed by atoms with Crippen molar-refractivity contribution in [3.63, 3.8) is 0 Å². The molecule has 96 valence electrons. The van der Waals surface area contributed by atoms with Crippen molar-refractivity contribution in [3.8, 4) is 0 Å². The van der Waals surface area contributed by atoms with Gasteiger partial charge in [0.05, 0.1) is 24.5 Å². The zero-order chi connectivity index (χ0) is 13.0. The van der Waals surface area contributed by atoms with E-state index in [9.17, 15) is 4.79 Å². The molecule has 2 aromatic rings. The van der Waals surface area contributed by atoms with Gasteiger partial charge in [-0.1, -0.05) is 0 Å². The SMILES string of the molecule is Cn1cnc(CNC(=O)Cc2nc(CCl)cs2)n1. The van der Waals surface area contributed by atoms with Crippen molar-refractivity contribution in [2.75, 3.05) is 0 Å². The van der Waals surface area contributed by atoms with Gasteiger partial charge in [-0.05, 0) is 0 Å². The molecule has 2 aromatic heterocycles. The molecule has 0 saturated heterocycles. The second-order valence-electron chi connectivity index (χ2n) is 3.65. The maximum atomic E-state index is 11.7. The van der Waals surface area contributed by atoms with Gasteiger partial charge in [-0.15, -0.1) is 22.9 Å². The van der Waals surface area contributed by atoms with E-state index in [0.717, 1.165) is 10.7 Å². The fourth-order valence-electron chi connectivity index (χ4n) is 1.33. The Balaban J connectivity index is 1.81. The summed E-state index contributed by atoms with van der Waals surface area (Å²) >= 11 is 7.08. The number of nitrogens with one attached hydrogen (secondary N) is 1. The maximum absolute atomic E-state index is 11.7. The molecule has 8 heteroatoms. The van der Waals surface area contributed by atoms with Gasteiger partial charge < -0.3 is 5.32 Å². The molecular formula is C10H12ClN5OS. The summed E-state index contributed by atoms with van der Waals surface area (Å²) in [7, 11) is 1.78. The average molecular weight is 286 g/mol. The largest absolute Gasteiger partial charge is 0.348 e. The molecule has 0 aliphatic rings. The monoisotopic (exact) mass is 285 g/mol. The number of thiazole rings is 1. The highest BCUT2D eigenvalue weighted by Crippen LogP contribution is 2.11. The minimum Gasteiger partial charge on any atom is -0.348 e. The molecule has 0 radical (unpaired) electrons. The molecule has 1 amide bonds. The first-order chi connectivity index (χ1) is 8.67. The molecule has 0 spiro atoms. The fourth-order valence-corrected chi connectivity index (χ4v) is 2.35. The highest BCUT2D eigenvalue weighted by Gasteiger charge is 2.08. The summed E-state index contributed by atoms with van der Waals surface area (Å²) in [6.07, 6.45) is 1.85. The van der Waals surface area contributed by atoms with E-state index >= 15 is 0 Å². The van der Waals surface area contributed by atoms with Gasteiger partial charge in [-0.3, -0.25) is 9.48 Å². The molecule has 2 rings (SSSR count). The Hall–Kier alpha value is -1.47. The molecule has 6 nitrogen and oxygen atoms in total. The minimum absolute atomic E-state index is 0.0991. The molecule has 0 unspecified atom stereocenters. The minimum atomic E-state index is -0.0991. The molecule has 1 N–H and O–H groups in total. The van der Waals surface area contributed by atoms with Crippen LogP contribution in [0.4, 0.5) is 0 Å². The molecule has 18 heavy (non-hydrogen) atoms. The van der Waals surface area contributed by atoms with Crippen molar-refractivity contribution in [2.45, 2.75) is 18.8 Å². The Morgan fingerprint density at radius 2 is 2.44 bits per heavy atom. The van der Waals surface area contributed by atoms with E-state index in [2.05, 4.69) is 20.4 Å². The molecule has 0 aromatic carbocycles. The lowest BCUT2D eigenvalue weighted by Gasteiger charge is -2.00. The molecule has 0 aliphatic carbocycles. The topological polar surface area (TPSA) is 72.7 Å². The van der Waals surface area contributed by atoms with E-state index in [1.165, 1.54) is 11.3 Å². The highest BCUT2D eigenvalue weighted by atomic mass is 35.5. The first-order valence-electron chi connectivity index (χ1n) is 5.28. The van der Waals surface area contributed by atoms with Crippen molar-refractivity contribution in [2.24, 2.45) is 7.05 Å². The predicted molar refractivity (Wildman–Crippen MR) is 68.2 cm³/mol. The third-order valence-electron chi connectivity index (χ3n) is 2.14. The van der Waals surface area contributed by atoms with E-state index in [-0.39, 0.29) is 12.3 Å². The summed E-state index contributed by atoms with van der Waals surface area (Å²) in [6.45, 7) is 0.327. The van der Waals surface area contributed by atoms with Gasteiger partial charge in [0.15, 0.2) is 5.82 Å². The number of rotatable bonds is 5. The van der Waals surface area contributed by atoms with E-state index in [1.54, 1.807) is 18.1 Å². The van der Waals surface area contributed by atoms with Crippen molar-refractivity contribution in [1.82, 2.24) is 25.1 Å². The summed E-state index contributed by atoms with van der Waals surface area (Å²) in [6, 6.07) is 0. The quantitative estimate of drug-likeness (QED) is 0.828. The highest BCUT2D eigenvalue weighted by molar-refractivity contribution is 7.09. The van der Waals surface area contributed by atoms with Gasteiger partial charge in [0, 0.05) is 12.4 Å². The zero-order valence-electron chi connectivity index (χ0n) is 9.76. The molecule has 0 fully saturated rings. The number of nitrogens with zero attached hydrogens (tertiary/aromatic N) is 4. The van der Waals surface area contributed by atoms with Crippen LogP contribution in [0.5, 0.6) is 0 Å². The van der Waals surface area contributed by atoms with Gasteiger partial charge in [0.25, 0.3) is 0 Å². The Morgan fingerprint density at radius 1 is 1.61 bits per heavy atom. The Bertz CT molecular complexity index is 538. The number of amides is 1. The summed E-state index contributed by atoms with van der Waals surface area (Å²) in [5.41, 5.74) is 0.802. The van der Waals surface area contributed by atoms with E-state index < -0.39 is 0 Å². The molecule has 0 aliphatic heterocycles. The second kappa shape index (κ2) is 5.92. The van der Waals surface area contributed by atoms with Crippen LogP contribution in [0.25, 0.3) is 0 Å². The van der Waals surface area contributed by atoms with E-state index in [4.69, 9.17) is 11.6 Å². The number of halogens is 1. The Labute approximate surface area is 113 Å². The number of hydrogen-bond donors (Lipinski definition) is 1. The summed E-state index contributed by atoms with van der Waals surface area (Å²) < 4.78 is 1.59. The van der Waals surface area contributed by atoms with Gasteiger partial charge in [-0.25, -0.2) is 9.97 Å². The van der Waals surface area contributed by atoms with Crippen LogP contribution in [0.1, 0.15) is 16.5 Å². The Morgan fingerprint density at radius 3 is 3.06 bits per heavy atom. The lowest BCUT2D eigenvalue weighted by molar-refractivity contribution is -0.120. The first-order valence-corrected chi connectivity index (χ1v) is 6.69. The van der Waals surface area contributed by atoms with Gasteiger partial charge in [-0.2, -0.15) is 5.10 Å². The summed E-state index contributed by atoms with van der Waals surface area (Å²) in [5.74, 6) is 0.861.